The highest BCUT2D eigenvalue weighted by Gasteiger charge is 2.13. The summed E-state index contributed by atoms with van der Waals surface area (Å²) in [6.45, 7) is 0. The number of carbonyl (C=O) groups is 1. The average Bonchev–Trinajstić information content (AvgIpc) is 2.67. The molecule has 84 valence electrons. The van der Waals surface area contributed by atoms with E-state index in [4.69, 9.17) is 5.73 Å². The van der Waals surface area contributed by atoms with Gasteiger partial charge >= 0.3 is 0 Å². The Morgan fingerprint density at radius 1 is 1.12 bits per heavy atom. The summed E-state index contributed by atoms with van der Waals surface area (Å²) in [5.74, 6) is -0.427. The molecule has 0 saturated carbocycles. The van der Waals surface area contributed by atoms with Crippen LogP contribution in [0, 0.1) is 0 Å². The van der Waals surface area contributed by atoms with Gasteiger partial charge in [-0.25, -0.2) is 0 Å². The van der Waals surface area contributed by atoms with Crippen LogP contribution in [0.4, 0.5) is 0 Å². The zero-order chi connectivity index (χ0) is 12.0. The van der Waals surface area contributed by atoms with Crippen LogP contribution in [0.15, 0.2) is 40.9 Å². The third-order valence-corrected chi connectivity index (χ3v) is 3.70. The number of aromatic nitrogens is 1. The number of nitrogens with one attached hydrogen (secondary N) is 1. The van der Waals surface area contributed by atoms with Crippen LogP contribution in [-0.2, 0) is 0 Å². The van der Waals surface area contributed by atoms with Gasteiger partial charge in [-0.05, 0) is 34.1 Å². The summed E-state index contributed by atoms with van der Waals surface area (Å²) in [5, 5.41) is 2.08. The van der Waals surface area contributed by atoms with E-state index in [1.54, 1.807) is 6.07 Å². The van der Waals surface area contributed by atoms with E-state index in [0.29, 0.717) is 5.56 Å². The molecule has 0 saturated heterocycles. The number of hydrogen-bond donors (Lipinski definition) is 2. The van der Waals surface area contributed by atoms with Crippen molar-refractivity contribution in [2.24, 2.45) is 5.73 Å². The highest BCUT2D eigenvalue weighted by Crippen LogP contribution is 2.33. The summed E-state index contributed by atoms with van der Waals surface area (Å²) in [6, 6.07) is 11.6. The Bertz CT molecular complexity index is 746. The van der Waals surface area contributed by atoms with Gasteiger partial charge in [0, 0.05) is 26.3 Å². The number of halogens is 1. The Kier molecular flexibility index (Phi) is 2.19. The molecule has 0 fully saturated rings. The fourth-order valence-electron chi connectivity index (χ4n) is 2.09. The van der Waals surface area contributed by atoms with Gasteiger partial charge in [0.2, 0.25) is 5.91 Å². The van der Waals surface area contributed by atoms with Crippen molar-refractivity contribution in [1.29, 1.82) is 0 Å². The molecule has 4 heteroatoms. The maximum absolute atomic E-state index is 11.3. The predicted octanol–water partition coefficient (Wildman–Crippen LogP) is 3.18. The average molecular weight is 289 g/mol. The van der Waals surface area contributed by atoms with Gasteiger partial charge in [-0.1, -0.05) is 18.2 Å². The van der Waals surface area contributed by atoms with E-state index < -0.39 is 5.91 Å². The standard InChI is InChI=1S/C13H9BrN2O/c14-12-8(13(15)17)5-6-10-11(12)7-3-1-2-4-9(7)16-10/h1-6,16H,(H2,15,17). The molecule has 3 aromatic rings. The highest BCUT2D eigenvalue weighted by atomic mass is 79.9. The first-order chi connectivity index (χ1) is 8.18. The molecule has 3 rings (SSSR count). The Hall–Kier alpha value is -1.81. The molecule has 0 atom stereocenters. The largest absolute Gasteiger partial charge is 0.366 e. The molecule has 2 aromatic carbocycles. The molecule has 0 bridgehead atoms. The number of primary amides is 1. The quantitative estimate of drug-likeness (QED) is 0.710. The molecule has 0 aliphatic rings. The zero-order valence-electron chi connectivity index (χ0n) is 8.83. The van der Waals surface area contributed by atoms with E-state index in [1.165, 1.54) is 0 Å². The summed E-state index contributed by atoms with van der Waals surface area (Å²) in [5.41, 5.74) is 7.88. The van der Waals surface area contributed by atoms with Gasteiger partial charge in [-0.15, -0.1) is 0 Å². The first kappa shape index (κ1) is 10.4. The second-order valence-corrected chi connectivity index (χ2v) is 4.68. The number of aromatic amines is 1. The SMILES string of the molecule is NC(=O)c1ccc2[nH]c3ccccc3c2c1Br. The molecule has 0 unspecified atom stereocenters. The molecule has 0 spiro atoms. The van der Waals surface area contributed by atoms with E-state index in [1.807, 2.05) is 30.3 Å². The monoisotopic (exact) mass is 288 g/mol. The lowest BCUT2D eigenvalue weighted by molar-refractivity contribution is 0.1000. The van der Waals surface area contributed by atoms with Gasteiger partial charge in [0.05, 0.1) is 5.56 Å². The zero-order valence-corrected chi connectivity index (χ0v) is 10.4. The second-order valence-electron chi connectivity index (χ2n) is 3.88. The minimum atomic E-state index is -0.427. The second kappa shape index (κ2) is 3.60. The molecule has 1 heterocycles. The van der Waals surface area contributed by atoms with Crippen molar-refractivity contribution in [1.82, 2.24) is 4.98 Å². The normalized spacial score (nSPS) is 11.1. The predicted molar refractivity (Wildman–Crippen MR) is 72.0 cm³/mol. The van der Waals surface area contributed by atoms with Crippen molar-refractivity contribution in [2.75, 3.05) is 0 Å². The van der Waals surface area contributed by atoms with E-state index >= 15 is 0 Å². The van der Waals surface area contributed by atoms with Crippen LogP contribution in [0.1, 0.15) is 10.4 Å². The van der Waals surface area contributed by atoms with Crippen LogP contribution in [0.25, 0.3) is 21.8 Å². The molecule has 0 aliphatic carbocycles. The van der Waals surface area contributed by atoms with Crippen molar-refractivity contribution in [3.05, 3.63) is 46.4 Å². The van der Waals surface area contributed by atoms with Crippen molar-refractivity contribution in [2.45, 2.75) is 0 Å². The van der Waals surface area contributed by atoms with Crippen LogP contribution < -0.4 is 5.73 Å². The fourth-order valence-corrected chi connectivity index (χ4v) is 2.84. The van der Waals surface area contributed by atoms with E-state index in [-0.39, 0.29) is 0 Å². The molecule has 3 nitrogen and oxygen atoms in total. The van der Waals surface area contributed by atoms with Crippen LogP contribution in [-0.4, -0.2) is 10.9 Å². The molecule has 17 heavy (non-hydrogen) atoms. The minimum Gasteiger partial charge on any atom is -0.366 e. The molecular formula is C13H9BrN2O. The third kappa shape index (κ3) is 1.45. The number of hydrogen-bond acceptors (Lipinski definition) is 1. The van der Waals surface area contributed by atoms with Gasteiger partial charge in [0.25, 0.3) is 0 Å². The van der Waals surface area contributed by atoms with E-state index in [2.05, 4.69) is 20.9 Å². The topological polar surface area (TPSA) is 58.9 Å². The van der Waals surface area contributed by atoms with Crippen LogP contribution in [0.3, 0.4) is 0 Å². The maximum Gasteiger partial charge on any atom is 0.249 e. The van der Waals surface area contributed by atoms with Gasteiger partial charge in [-0.2, -0.15) is 0 Å². The number of amides is 1. The summed E-state index contributed by atoms with van der Waals surface area (Å²) < 4.78 is 0.750. The molecule has 0 radical (unpaired) electrons. The lowest BCUT2D eigenvalue weighted by atomic mass is 10.1. The van der Waals surface area contributed by atoms with Crippen LogP contribution >= 0.6 is 15.9 Å². The third-order valence-electron chi connectivity index (χ3n) is 2.87. The number of fused-ring (bicyclic) bond motifs is 3. The smallest absolute Gasteiger partial charge is 0.249 e. The Balaban J connectivity index is 2.52. The number of nitrogens with two attached hydrogens (primary N) is 1. The number of H-pyrrole nitrogens is 1. The number of benzene rings is 2. The van der Waals surface area contributed by atoms with Crippen molar-refractivity contribution in [3.63, 3.8) is 0 Å². The summed E-state index contributed by atoms with van der Waals surface area (Å²) in [6.07, 6.45) is 0. The summed E-state index contributed by atoms with van der Waals surface area (Å²) >= 11 is 3.46. The molecule has 3 N–H and O–H groups in total. The fraction of sp³-hybridized carbons (Fsp3) is 0. The van der Waals surface area contributed by atoms with Crippen molar-refractivity contribution < 1.29 is 4.79 Å². The Morgan fingerprint density at radius 2 is 1.88 bits per heavy atom. The van der Waals surface area contributed by atoms with E-state index in [0.717, 1.165) is 26.3 Å². The highest BCUT2D eigenvalue weighted by molar-refractivity contribution is 9.10. The van der Waals surface area contributed by atoms with Crippen molar-refractivity contribution in [3.8, 4) is 0 Å². The number of rotatable bonds is 1. The maximum atomic E-state index is 11.3. The van der Waals surface area contributed by atoms with Gasteiger partial charge < -0.3 is 10.7 Å². The lowest BCUT2D eigenvalue weighted by Gasteiger charge is -2.01. The molecule has 0 aliphatic heterocycles. The van der Waals surface area contributed by atoms with Gasteiger partial charge in [-0.3, -0.25) is 4.79 Å². The van der Waals surface area contributed by atoms with Gasteiger partial charge in [0.15, 0.2) is 0 Å². The molecule has 1 aromatic heterocycles. The van der Waals surface area contributed by atoms with Crippen LogP contribution in [0.5, 0.6) is 0 Å². The van der Waals surface area contributed by atoms with Crippen molar-refractivity contribution >= 4 is 43.6 Å². The first-order valence-corrected chi connectivity index (χ1v) is 5.96. The summed E-state index contributed by atoms with van der Waals surface area (Å²) in [7, 11) is 0. The first-order valence-electron chi connectivity index (χ1n) is 5.17. The lowest BCUT2D eigenvalue weighted by Crippen LogP contribution is -2.11. The van der Waals surface area contributed by atoms with E-state index in [9.17, 15) is 4.79 Å². The number of para-hydroxylation sites is 1. The molecule has 1 amide bonds. The van der Waals surface area contributed by atoms with Gasteiger partial charge in [0.1, 0.15) is 0 Å². The summed E-state index contributed by atoms with van der Waals surface area (Å²) in [4.78, 5) is 14.6. The number of carbonyl (C=O) groups excluding carboxylic acids is 1. The minimum absolute atomic E-state index is 0.427. The Labute approximate surface area is 106 Å². The Morgan fingerprint density at radius 3 is 2.65 bits per heavy atom. The molecular weight excluding hydrogens is 280 g/mol. The van der Waals surface area contributed by atoms with Crippen LogP contribution in [0.2, 0.25) is 0 Å².